The molecule has 2 fully saturated rings. The van der Waals surface area contributed by atoms with Gasteiger partial charge in [0.05, 0.1) is 30.4 Å². The Kier molecular flexibility index (Phi) is 5.36. The van der Waals surface area contributed by atoms with Crippen LogP contribution in [0.5, 0.6) is 0 Å². The van der Waals surface area contributed by atoms with Gasteiger partial charge in [0.25, 0.3) is 0 Å². The number of hydrogen-bond donors (Lipinski definition) is 2. The van der Waals surface area contributed by atoms with Crippen molar-refractivity contribution in [1.82, 2.24) is 15.1 Å². The third-order valence-electron chi connectivity index (χ3n) is 6.26. The summed E-state index contributed by atoms with van der Waals surface area (Å²) < 4.78 is 5.41. The number of aromatic amines is 1. The highest BCUT2D eigenvalue weighted by atomic mass is 35.5. The van der Waals surface area contributed by atoms with Crippen LogP contribution in [0.2, 0.25) is 5.02 Å². The Balaban J connectivity index is 1.32. The van der Waals surface area contributed by atoms with E-state index in [2.05, 4.69) is 26.5 Å². The van der Waals surface area contributed by atoms with E-state index in [9.17, 15) is 10.1 Å². The number of benzene rings is 2. The first-order valence-corrected chi connectivity index (χ1v) is 10.8. The molecule has 5 rings (SSSR count). The summed E-state index contributed by atoms with van der Waals surface area (Å²) in [6, 6.07) is 13.6. The Hall–Kier alpha value is -2.92. The number of anilines is 1. The van der Waals surface area contributed by atoms with Crippen LogP contribution in [0.3, 0.4) is 0 Å². The summed E-state index contributed by atoms with van der Waals surface area (Å²) in [6.45, 7) is 3.44. The molecule has 2 N–H and O–H groups in total. The van der Waals surface area contributed by atoms with Crippen LogP contribution in [0.25, 0.3) is 22.0 Å². The number of morpholine rings is 1. The van der Waals surface area contributed by atoms with Crippen molar-refractivity contribution in [2.75, 3.05) is 31.6 Å². The van der Waals surface area contributed by atoms with Crippen molar-refractivity contribution < 1.29 is 9.53 Å². The third-order valence-corrected chi connectivity index (χ3v) is 6.59. The van der Waals surface area contributed by atoms with Crippen LogP contribution >= 0.6 is 11.6 Å². The zero-order chi connectivity index (χ0) is 21.4. The van der Waals surface area contributed by atoms with Crippen LogP contribution in [-0.4, -0.2) is 53.3 Å². The predicted molar refractivity (Wildman–Crippen MR) is 119 cm³/mol. The number of nitriles is 1. The fourth-order valence-electron chi connectivity index (χ4n) is 4.35. The van der Waals surface area contributed by atoms with Gasteiger partial charge in [0, 0.05) is 41.0 Å². The highest BCUT2D eigenvalue weighted by Crippen LogP contribution is 2.35. The average Bonchev–Trinajstić information content (AvgIpc) is 3.16. The molecule has 0 radical (unpaired) electrons. The van der Waals surface area contributed by atoms with E-state index in [1.165, 1.54) is 0 Å². The molecule has 1 saturated carbocycles. The molecule has 1 saturated heterocycles. The molecule has 8 heteroatoms. The number of carbonyl (C=O) groups is 1. The summed E-state index contributed by atoms with van der Waals surface area (Å²) in [5, 5.41) is 20.9. The molecule has 7 nitrogen and oxygen atoms in total. The average molecular weight is 436 g/mol. The smallest absolute Gasteiger partial charge is 0.228 e. The molecule has 2 aromatic carbocycles. The maximum atomic E-state index is 12.8. The fraction of sp³-hybridized carbons (Fsp3) is 0.348. The molecule has 1 amide bonds. The van der Waals surface area contributed by atoms with E-state index >= 15 is 0 Å². The lowest BCUT2D eigenvalue weighted by molar-refractivity contribution is -0.125. The number of rotatable bonds is 4. The number of hydrogen-bond acceptors (Lipinski definition) is 5. The highest BCUT2D eigenvalue weighted by Gasteiger charge is 2.38. The molecule has 1 aliphatic heterocycles. The Bertz CT molecular complexity index is 1170. The van der Waals surface area contributed by atoms with Gasteiger partial charge in [-0.3, -0.25) is 14.8 Å². The van der Waals surface area contributed by atoms with Gasteiger partial charge in [-0.25, -0.2) is 0 Å². The second-order valence-corrected chi connectivity index (χ2v) is 8.51. The van der Waals surface area contributed by atoms with E-state index in [-0.39, 0.29) is 11.8 Å². The van der Waals surface area contributed by atoms with Crippen molar-refractivity contribution in [2.45, 2.75) is 18.9 Å². The van der Waals surface area contributed by atoms with Crippen molar-refractivity contribution in [2.24, 2.45) is 5.92 Å². The van der Waals surface area contributed by atoms with Crippen molar-refractivity contribution in [3.05, 3.63) is 47.0 Å². The van der Waals surface area contributed by atoms with Crippen molar-refractivity contribution in [3.63, 3.8) is 0 Å². The predicted octanol–water partition coefficient (Wildman–Crippen LogP) is 3.80. The first-order chi connectivity index (χ1) is 15.1. The topological polar surface area (TPSA) is 94.0 Å². The molecule has 0 spiro atoms. The molecule has 3 aromatic rings. The number of ether oxygens (including phenoxy) is 1. The van der Waals surface area contributed by atoms with Crippen molar-refractivity contribution >= 4 is 34.2 Å². The van der Waals surface area contributed by atoms with Gasteiger partial charge in [-0.2, -0.15) is 10.4 Å². The summed E-state index contributed by atoms with van der Waals surface area (Å²) in [5.74, 6) is 0.529. The standard InChI is InChI=1S/C23H22ClN5O2/c24-20-3-1-14(13-25)9-18(20)15-2-4-21-19(12-15)22(28-27-21)26-23(30)16-10-17(11-16)29-5-7-31-8-6-29/h1-4,9,12,16-17H,5-8,10-11H2,(H2,26,27,28,30). The molecule has 158 valence electrons. The minimum atomic E-state index is 0.00420. The van der Waals surface area contributed by atoms with Crippen LogP contribution in [0.15, 0.2) is 36.4 Å². The fourth-order valence-corrected chi connectivity index (χ4v) is 4.58. The van der Waals surface area contributed by atoms with Gasteiger partial charge in [0.15, 0.2) is 5.82 Å². The maximum absolute atomic E-state index is 12.8. The molecule has 2 aliphatic rings. The normalized spacial score (nSPS) is 21.4. The lowest BCUT2D eigenvalue weighted by Crippen LogP contribution is -2.51. The Morgan fingerprint density at radius 2 is 2.03 bits per heavy atom. The quantitative estimate of drug-likeness (QED) is 0.650. The van der Waals surface area contributed by atoms with Gasteiger partial charge in [0.2, 0.25) is 5.91 Å². The lowest BCUT2D eigenvalue weighted by Gasteiger charge is -2.43. The molecule has 0 bridgehead atoms. The van der Waals surface area contributed by atoms with E-state index in [0.29, 0.717) is 22.4 Å². The summed E-state index contributed by atoms with van der Waals surface area (Å²) in [6.07, 6.45) is 1.74. The minimum absolute atomic E-state index is 0.00420. The SMILES string of the molecule is N#Cc1ccc(Cl)c(-c2ccc3[nH]nc(NC(=O)C4CC(N5CCOCC5)C4)c3c2)c1. The zero-order valence-electron chi connectivity index (χ0n) is 16.9. The monoisotopic (exact) mass is 435 g/mol. The maximum Gasteiger partial charge on any atom is 0.228 e. The Morgan fingerprint density at radius 3 is 2.81 bits per heavy atom. The largest absolute Gasteiger partial charge is 0.379 e. The number of halogens is 1. The van der Waals surface area contributed by atoms with E-state index in [1.54, 1.807) is 18.2 Å². The number of fused-ring (bicyclic) bond motifs is 1. The highest BCUT2D eigenvalue weighted by molar-refractivity contribution is 6.33. The molecule has 1 aromatic heterocycles. The van der Waals surface area contributed by atoms with Crippen molar-refractivity contribution in [3.8, 4) is 17.2 Å². The van der Waals surface area contributed by atoms with Gasteiger partial charge in [-0.1, -0.05) is 17.7 Å². The first kappa shape index (κ1) is 20.0. The van der Waals surface area contributed by atoms with E-state index in [1.807, 2.05) is 18.2 Å². The van der Waals surface area contributed by atoms with E-state index < -0.39 is 0 Å². The Morgan fingerprint density at radius 1 is 1.23 bits per heavy atom. The van der Waals surface area contributed by atoms with Gasteiger partial charge in [-0.05, 0) is 48.7 Å². The summed E-state index contributed by atoms with van der Waals surface area (Å²) >= 11 is 6.37. The van der Waals surface area contributed by atoms with E-state index in [0.717, 1.165) is 61.2 Å². The van der Waals surface area contributed by atoms with E-state index in [4.69, 9.17) is 16.3 Å². The molecular formula is C23H22ClN5O2. The lowest BCUT2D eigenvalue weighted by atomic mass is 9.78. The molecule has 2 heterocycles. The van der Waals surface area contributed by atoms with Crippen LogP contribution in [0, 0.1) is 17.2 Å². The summed E-state index contributed by atoms with van der Waals surface area (Å²) in [4.78, 5) is 15.2. The molecule has 31 heavy (non-hydrogen) atoms. The van der Waals surface area contributed by atoms with Gasteiger partial charge < -0.3 is 10.1 Å². The van der Waals surface area contributed by atoms with Crippen LogP contribution in [0.1, 0.15) is 18.4 Å². The zero-order valence-corrected chi connectivity index (χ0v) is 17.7. The molecular weight excluding hydrogens is 414 g/mol. The second-order valence-electron chi connectivity index (χ2n) is 8.10. The van der Waals surface area contributed by atoms with Crippen LogP contribution in [-0.2, 0) is 9.53 Å². The summed E-state index contributed by atoms with van der Waals surface area (Å²) in [5.41, 5.74) is 3.00. The first-order valence-electron chi connectivity index (χ1n) is 10.4. The van der Waals surface area contributed by atoms with Gasteiger partial charge in [0.1, 0.15) is 0 Å². The number of aromatic nitrogens is 2. The number of nitrogens with one attached hydrogen (secondary N) is 2. The second kappa shape index (κ2) is 8.31. The number of carbonyl (C=O) groups excluding carboxylic acids is 1. The minimum Gasteiger partial charge on any atom is -0.379 e. The summed E-state index contributed by atoms with van der Waals surface area (Å²) in [7, 11) is 0. The third kappa shape index (κ3) is 3.90. The van der Waals surface area contributed by atoms with Gasteiger partial charge >= 0.3 is 0 Å². The molecule has 1 aliphatic carbocycles. The van der Waals surface area contributed by atoms with Crippen molar-refractivity contribution in [1.29, 1.82) is 5.26 Å². The Labute approximate surface area is 184 Å². The van der Waals surface area contributed by atoms with Gasteiger partial charge in [-0.15, -0.1) is 0 Å². The molecule has 0 unspecified atom stereocenters. The number of H-pyrrole nitrogens is 1. The number of amides is 1. The number of nitrogens with zero attached hydrogens (tertiary/aromatic N) is 3. The van der Waals surface area contributed by atoms with Crippen LogP contribution < -0.4 is 5.32 Å². The van der Waals surface area contributed by atoms with Crippen LogP contribution in [0.4, 0.5) is 5.82 Å². The molecule has 0 atom stereocenters.